The number of likely N-dealkylation sites (tertiary alicyclic amines) is 1. The molecular formula is C11H16FN3. The summed E-state index contributed by atoms with van der Waals surface area (Å²) in [4.78, 5) is 6.30. The van der Waals surface area contributed by atoms with Crippen LogP contribution in [-0.4, -0.2) is 36.1 Å². The smallest absolute Gasteiger partial charge is 0.141 e. The average Bonchev–Trinajstić information content (AvgIpc) is 2.63. The third-order valence-corrected chi connectivity index (χ3v) is 2.92. The molecule has 4 heteroatoms. The van der Waals surface area contributed by atoms with Crippen molar-refractivity contribution in [2.45, 2.75) is 18.9 Å². The lowest BCUT2D eigenvalue weighted by Gasteiger charge is -2.19. The first-order chi connectivity index (χ1) is 7.25. The Morgan fingerprint density at radius 3 is 3.07 bits per heavy atom. The minimum absolute atomic E-state index is 0.293. The van der Waals surface area contributed by atoms with E-state index < -0.39 is 0 Å². The van der Waals surface area contributed by atoms with E-state index in [4.69, 9.17) is 0 Å². The normalized spacial score (nSPS) is 21.9. The van der Waals surface area contributed by atoms with Crippen LogP contribution in [-0.2, 0) is 0 Å². The van der Waals surface area contributed by atoms with Gasteiger partial charge in [0.2, 0.25) is 0 Å². The minimum atomic E-state index is -0.293. The van der Waals surface area contributed by atoms with E-state index in [1.54, 1.807) is 6.07 Å². The van der Waals surface area contributed by atoms with Gasteiger partial charge in [-0.25, -0.2) is 9.37 Å². The van der Waals surface area contributed by atoms with Gasteiger partial charge < -0.3 is 10.2 Å². The summed E-state index contributed by atoms with van der Waals surface area (Å²) in [5, 5.41) is 3.22. The number of nitrogens with zero attached hydrogens (tertiary/aromatic N) is 2. The van der Waals surface area contributed by atoms with Gasteiger partial charge in [0.15, 0.2) is 0 Å². The van der Waals surface area contributed by atoms with Gasteiger partial charge in [0, 0.05) is 12.6 Å². The molecule has 0 bridgehead atoms. The van der Waals surface area contributed by atoms with Gasteiger partial charge in [-0.1, -0.05) is 0 Å². The van der Waals surface area contributed by atoms with E-state index in [0.717, 1.165) is 12.4 Å². The van der Waals surface area contributed by atoms with E-state index in [9.17, 15) is 4.39 Å². The van der Waals surface area contributed by atoms with Crippen LogP contribution in [0.2, 0.25) is 0 Å². The quantitative estimate of drug-likeness (QED) is 0.821. The second-order valence-electron chi connectivity index (χ2n) is 4.02. The van der Waals surface area contributed by atoms with Crippen molar-refractivity contribution in [3.8, 4) is 0 Å². The van der Waals surface area contributed by atoms with E-state index in [-0.39, 0.29) is 5.82 Å². The number of hydrogen-bond acceptors (Lipinski definition) is 3. The lowest BCUT2D eigenvalue weighted by molar-refractivity contribution is 0.322. The molecule has 15 heavy (non-hydrogen) atoms. The lowest BCUT2D eigenvalue weighted by Crippen LogP contribution is -2.31. The van der Waals surface area contributed by atoms with Crippen LogP contribution in [0.25, 0.3) is 0 Å². The second kappa shape index (κ2) is 4.57. The van der Waals surface area contributed by atoms with Gasteiger partial charge >= 0.3 is 0 Å². The SMILES string of the molecule is CN1CCCC1CNc1ccc(F)cn1. The maximum absolute atomic E-state index is 12.6. The first kappa shape index (κ1) is 10.4. The number of aromatic nitrogens is 1. The number of anilines is 1. The largest absolute Gasteiger partial charge is 0.369 e. The van der Waals surface area contributed by atoms with Crippen LogP contribution in [0.1, 0.15) is 12.8 Å². The van der Waals surface area contributed by atoms with E-state index >= 15 is 0 Å². The third kappa shape index (κ3) is 2.65. The van der Waals surface area contributed by atoms with E-state index in [1.165, 1.54) is 31.6 Å². The molecule has 1 atom stereocenters. The van der Waals surface area contributed by atoms with Gasteiger partial charge in [-0.15, -0.1) is 0 Å². The van der Waals surface area contributed by atoms with Crippen molar-refractivity contribution in [1.82, 2.24) is 9.88 Å². The van der Waals surface area contributed by atoms with Gasteiger partial charge in [-0.2, -0.15) is 0 Å². The molecule has 3 nitrogen and oxygen atoms in total. The predicted molar refractivity (Wildman–Crippen MR) is 58.3 cm³/mol. The fraction of sp³-hybridized carbons (Fsp3) is 0.545. The zero-order valence-corrected chi connectivity index (χ0v) is 8.91. The monoisotopic (exact) mass is 209 g/mol. The Balaban J connectivity index is 1.85. The molecule has 1 aliphatic rings. The molecule has 1 aromatic heterocycles. The van der Waals surface area contributed by atoms with E-state index in [2.05, 4.69) is 22.2 Å². The second-order valence-corrected chi connectivity index (χ2v) is 4.02. The summed E-state index contributed by atoms with van der Waals surface area (Å²) in [5.41, 5.74) is 0. The molecule has 2 heterocycles. The van der Waals surface area contributed by atoms with Gasteiger partial charge in [0.1, 0.15) is 11.6 Å². The summed E-state index contributed by atoms with van der Waals surface area (Å²) in [5.74, 6) is 0.454. The van der Waals surface area contributed by atoms with Crippen LogP contribution in [0, 0.1) is 5.82 Å². The molecule has 1 saturated heterocycles. The molecule has 82 valence electrons. The van der Waals surface area contributed by atoms with Crippen LogP contribution in [0.3, 0.4) is 0 Å². The molecule has 1 aliphatic heterocycles. The first-order valence-corrected chi connectivity index (χ1v) is 5.31. The standard InChI is InChI=1S/C11H16FN3/c1-15-6-2-3-10(15)8-14-11-5-4-9(12)7-13-11/h4-5,7,10H,2-3,6,8H2,1H3,(H,13,14). The van der Waals surface area contributed by atoms with Gasteiger partial charge in [0.25, 0.3) is 0 Å². The van der Waals surface area contributed by atoms with Crippen LogP contribution >= 0.6 is 0 Å². The Morgan fingerprint density at radius 1 is 1.60 bits per heavy atom. The van der Waals surface area contributed by atoms with Crippen molar-refractivity contribution in [1.29, 1.82) is 0 Å². The summed E-state index contributed by atoms with van der Waals surface area (Å²) in [7, 11) is 2.14. The Hall–Kier alpha value is -1.16. The van der Waals surface area contributed by atoms with Gasteiger partial charge in [0.05, 0.1) is 6.20 Å². The predicted octanol–water partition coefficient (Wildman–Crippen LogP) is 1.73. The van der Waals surface area contributed by atoms with Crippen molar-refractivity contribution in [2.24, 2.45) is 0 Å². The van der Waals surface area contributed by atoms with Crippen molar-refractivity contribution >= 4 is 5.82 Å². The van der Waals surface area contributed by atoms with Crippen LogP contribution in [0.5, 0.6) is 0 Å². The highest BCUT2D eigenvalue weighted by Gasteiger charge is 2.20. The molecule has 1 unspecified atom stereocenters. The molecular weight excluding hydrogens is 193 g/mol. The van der Waals surface area contributed by atoms with Gasteiger partial charge in [-0.05, 0) is 38.6 Å². The fourth-order valence-electron chi connectivity index (χ4n) is 1.94. The molecule has 1 aromatic rings. The molecule has 0 aromatic carbocycles. The van der Waals surface area contributed by atoms with E-state index in [0.29, 0.717) is 6.04 Å². The Kier molecular flexibility index (Phi) is 3.16. The van der Waals surface area contributed by atoms with Crippen LogP contribution < -0.4 is 5.32 Å². The molecule has 0 spiro atoms. The van der Waals surface area contributed by atoms with Crippen molar-refractivity contribution < 1.29 is 4.39 Å². The van der Waals surface area contributed by atoms with Crippen molar-refractivity contribution in [2.75, 3.05) is 25.5 Å². The number of hydrogen-bond donors (Lipinski definition) is 1. The highest BCUT2D eigenvalue weighted by atomic mass is 19.1. The summed E-state index contributed by atoms with van der Waals surface area (Å²) in [6.07, 6.45) is 3.73. The summed E-state index contributed by atoms with van der Waals surface area (Å²) in [6, 6.07) is 3.68. The maximum Gasteiger partial charge on any atom is 0.141 e. The summed E-state index contributed by atoms with van der Waals surface area (Å²) < 4.78 is 12.6. The van der Waals surface area contributed by atoms with Crippen molar-refractivity contribution in [3.05, 3.63) is 24.1 Å². The number of pyridine rings is 1. The fourth-order valence-corrected chi connectivity index (χ4v) is 1.94. The summed E-state index contributed by atoms with van der Waals surface area (Å²) >= 11 is 0. The molecule has 0 aliphatic carbocycles. The minimum Gasteiger partial charge on any atom is -0.369 e. The molecule has 0 amide bonds. The Labute approximate surface area is 89.3 Å². The molecule has 0 radical (unpaired) electrons. The molecule has 1 N–H and O–H groups in total. The average molecular weight is 209 g/mol. The highest BCUT2D eigenvalue weighted by molar-refractivity contribution is 5.33. The molecule has 1 fully saturated rings. The maximum atomic E-state index is 12.6. The van der Waals surface area contributed by atoms with Crippen LogP contribution in [0.15, 0.2) is 18.3 Å². The molecule has 2 rings (SSSR count). The van der Waals surface area contributed by atoms with Gasteiger partial charge in [-0.3, -0.25) is 0 Å². The number of rotatable bonds is 3. The zero-order chi connectivity index (χ0) is 10.7. The number of likely N-dealkylation sites (N-methyl/N-ethyl adjacent to an activating group) is 1. The van der Waals surface area contributed by atoms with Crippen molar-refractivity contribution in [3.63, 3.8) is 0 Å². The third-order valence-electron chi connectivity index (χ3n) is 2.92. The van der Waals surface area contributed by atoms with Crippen LogP contribution in [0.4, 0.5) is 10.2 Å². The topological polar surface area (TPSA) is 28.2 Å². The lowest BCUT2D eigenvalue weighted by atomic mass is 10.2. The molecule has 0 saturated carbocycles. The number of nitrogens with one attached hydrogen (secondary N) is 1. The van der Waals surface area contributed by atoms with E-state index in [1.807, 2.05) is 0 Å². The Morgan fingerprint density at radius 2 is 2.47 bits per heavy atom. The Bertz CT molecular complexity index is 312. The first-order valence-electron chi connectivity index (χ1n) is 5.31. The highest BCUT2D eigenvalue weighted by Crippen LogP contribution is 2.15. The number of halogens is 1. The zero-order valence-electron chi connectivity index (χ0n) is 8.91. The summed E-state index contributed by atoms with van der Waals surface area (Å²) in [6.45, 7) is 2.05.